The predicted molar refractivity (Wildman–Crippen MR) is 114 cm³/mol. The van der Waals surface area contributed by atoms with Crippen molar-refractivity contribution in [3.8, 4) is 11.8 Å². The largest absolute Gasteiger partial charge is 0.346 e. The van der Waals surface area contributed by atoms with Gasteiger partial charge in [-0.25, -0.2) is 19.6 Å². The average Bonchev–Trinajstić information content (AvgIpc) is 3.52. The van der Waals surface area contributed by atoms with Crippen molar-refractivity contribution in [2.75, 3.05) is 0 Å². The number of carbonyl (C=O) groups excluding carboxylic acids is 1. The van der Waals surface area contributed by atoms with E-state index in [2.05, 4.69) is 32.3 Å². The second-order valence-corrected chi connectivity index (χ2v) is 7.35. The van der Waals surface area contributed by atoms with Crippen molar-refractivity contribution < 1.29 is 4.79 Å². The summed E-state index contributed by atoms with van der Waals surface area (Å²) in [6.07, 6.45) is 14.6. The van der Waals surface area contributed by atoms with Crippen molar-refractivity contribution in [3.05, 3.63) is 66.2 Å². The Morgan fingerprint density at radius 3 is 2.74 bits per heavy atom. The van der Waals surface area contributed by atoms with Crippen LogP contribution < -0.4 is 5.32 Å². The zero-order valence-corrected chi connectivity index (χ0v) is 17.9. The van der Waals surface area contributed by atoms with Crippen molar-refractivity contribution in [1.82, 2.24) is 44.2 Å². The van der Waals surface area contributed by atoms with Gasteiger partial charge < -0.3 is 9.88 Å². The van der Waals surface area contributed by atoms with Crippen LogP contribution in [0.2, 0.25) is 0 Å². The van der Waals surface area contributed by atoms with Crippen LogP contribution in [0.25, 0.3) is 11.8 Å². The molecule has 4 aromatic heterocycles. The molecule has 0 spiro atoms. The van der Waals surface area contributed by atoms with Crippen molar-refractivity contribution >= 4 is 5.91 Å². The number of amides is 1. The van der Waals surface area contributed by atoms with E-state index in [9.17, 15) is 4.79 Å². The average molecular weight is 419 g/mol. The molecule has 1 N–H and O–H groups in total. The third-order valence-electron chi connectivity index (χ3n) is 5.10. The van der Waals surface area contributed by atoms with Gasteiger partial charge in [-0.1, -0.05) is 13.3 Å². The van der Waals surface area contributed by atoms with Gasteiger partial charge in [-0.15, -0.1) is 0 Å². The second-order valence-electron chi connectivity index (χ2n) is 7.35. The number of unbranched alkanes of at least 4 members (excludes halogenated alkanes) is 1. The Kier molecular flexibility index (Phi) is 5.87. The van der Waals surface area contributed by atoms with E-state index in [1.165, 1.54) is 0 Å². The molecular weight excluding hydrogens is 394 g/mol. The van der Waals surface area contributed by atoms with Crippen molar-refractivity contribution in [2.24, 2.45) is 7.05 Å². The number of nitrogens with one attached hydrogen (secondary N) is 1. The van der Waals surface area contributed by atoms with E-state index >= 15 is 0 Å². The van der Waals surface area contributed by atoms with Crippen molar-refractivity contribution in [2.45, 2.75) is 39.7 Å². The van der Waals surface area contributed by atoms with E-state index in [1.54, 1.807) is 42.1 Å². The lowest BCUT2D eigenvalue weighted by Crippen LogP contribution is -2.25. The van der Waals surface area contributed by atoms with Gasteiger partial charge >= 0.3 is 0 Å². The summed E-state index contributed by atoms with van der Waals surface area (Å²) < 4.78 is 5.37. The monoisotopic (exact) mass is 419 g/mol. The molecule has 0 saturated heterocycles. The lowest BCUT2D eigenvalue weighted by Gasteiger charge is -2.11. The molecule has 0 bridgehead atoms. The van der Waals surface area contributed by atoms with Gasteiger partial charge in [0.2, 0.25) is 0 Å². The molecule has 0 aliphatic rings. The Labute approximate surface area is 180 Å². The molecule has 4 heterocycles. The lowest BCUT2D eigenvalue weighted by atomic mass is 10.1. The summed E-state index contributed by atoms with van der Waals surface area (Å²) in [5, 5.41) is 7.42. The normalized spacial score (nSPS) is 11.1. The van der Waals surface area contributed by atoms with Crippen LogP contribution in [0.4, 0.5) is 0 Å². The van der Waals surface area contributed by atoms with Gasteiger partial charge in [0.1, 0.15) is 12.1 Å². The summed E-state index contributed by atoms with van der Waals surface area (Å²) in [7, 11) is 1.89. The van der Waals surface area contributed by atoms with Gasteiger partial charge in [0, 0.05) is 37.4 Å². The first-order valence-electron chi connectivity index (χ1n) is 10.2. The highest BCUT2D eigenvalue weighted by Gasteiger charge is 2.20. The molecule has 0 aliphatic heterocycles. The van der Waals surface area contributed by atoms with Gasteiger partial charge in [-0.2, -0.15) is 10.1 Å². The van der Waals surface area contributed by atoms with Crippen LogP contribution in [0.1, 0.15) is 47.1 Å². The Hall–Kier alpha value is -3.82. The number of aryl methyl sites for hydroxylation is 2. The Morgan fingerprint density at radius 1 is 1.16 bits per heavy atom. The molecule has 0 atom stereocenters. The molecular formula is C21H25N9O. The van der Waals surface area contributed by atoms with Gasteiger partial charge in [-0.3, -0.25) is 9.36 Å². The molecule has 0 fully saturated rings. The molecule has 0 aliphatic carbocycles. The second kappa shape index (κ2) is 8.90. The minimum absolute atomic E-state index is 0.180. The predicted octanol–water partition coefficient (Wildman–Crippen LogP) is 2.16. The molecule has 0 unspecified atom stereocenters. The highest BCUT2D eigenvalue weighted by atomic mass is 16.1. The van der Waals surface area contributed by atoms with Crippen LogP contribution in [0.15, 0.2) is 43.6 Å². The maximum Gasteiger partial charge on any atom is 0.255 e. The fourth-order valence-electron chi connectivity index (χ4n) is 3.31. The van der Waals surface area contributed by atoms with Crippen LogP contribution in [-0.2, 0) is 20.0 Å². The first-order valence-corrected chi connectivity index (χ1v) is 10.2. The Morgan fingerprint density at radius 2 is 2.03 bits per heavy atom. The van der Waals surface area contributed by atoms with Gasteiger partial charge in [0.25, 0.3) is 11.9 Å². The first-order chi connectivity index (χ1) is 15.1. The number of carbonyl (C=O) groups is 1. The van der Waals surface area contributed by atoms with Crippen LogP contribution >= 0.6 is 0 Å². The molecule has 0 radical (unpaired) electrons. The number of hydrogen-bond donors (Lipinski definition) is 1. The third kappa shape index (κ3) is 4.23. The quantitative estimate of drug-likeness (QED) is 0.469. The SMILES string of the molecule is CCCCc1c(C(=O)NCc2cncn2C)cnn1-c1ncc(C)c(-n2ccnc2)n1. The zero-order valence-electron chi connectivity index (χ0n) is 17.9. The minimum atomic E-state index is -0.180. The fourth-order valence-corrected chi connectivity index (χ4v) is 3.31. The van der Waals surface area contributed by atoms with Crippen LogP contribution in [0.5, 0.6) is 0 Å². The van der Waals surface area contributed by atoms with E-state index in [0.717, 1.165) is 35.6 Å². The zero-order chi connectivity index (χ0) is 21.8. The van der Waals surface area contributed by atoms with Crippen LogP contribution in [0, 0.1) is 6.92 Å². The van der Waals surface area contributed by atoms with Crippen molar-refractivity contribution in [1.29, 1.82) is 0 Å². The van der Waals surface area contributed by atoms with E-state index in [-0.39, 0.29) is 5.91 Å². The number of rotatable bonds is 8. The molecule has 4 aromatic rings. The molecule has 10 nitrogen and oxygen atoms in total. The third-order valence-corrected chi connectivity index (χ3v) is 5.10. The van der Waals surface area contributed by atoms with Crippen LogP contribution in [0.3, 0.4) is 0 Å². The standard InChI is InChI=1S/C21H25N9O/c1-4-5-6-18-17(20(31)24-11-16-10-23-13-28(16)3)12-26-30(18)21-25-9-15(2)19(27-21)29-8-7-22-14-29/h7-10,12-14H,4-6,11H2,1-3H3,(H,24,31). The Balaban J connectivity index is 1.66. The highest BCUT2D eigenvalue weighted by Crippen LogP contribution is 2.18. The number of nitrogens with zero attached hydrogens (tertiary/aromatic N) is 8. The molecule has 31 heavy (non-hydrogen) atoms. The molecule has 160 valence electrons. The highest BCUT2D eigenvalue weighted by molar-refractivity contribution is 5.95. The van der Waals surface area contributed by atoms with Crippen LogP contribution in [-0.4, -0.2) is 44.8 Å². The van der Waals surface area contributed by atoms with Gasteiger partial charge in [0.05, 0.1) is 36.0 Å². The van der Waals surface area contributed by atoms with E-state index < -0.39 is 0 Å². The maximum atomic E-state index is 12.9. The number of hydrogen-bond acceptors (Lipinski definition) is 6. The summed E-state index contributed by atoms with van der Waals surface area (Å²) >= 11 is 0. The molecule has 1 amide bonds. The smallest absolute Gasteiger partial charge is 0.255 e. The fraction of sp³-hybridized carbons (Fsp3) is 0.333. The minimum Gasteiger partial charge on any atom is -0.346 e. The Bertz CT molecular complexity index is 1170. The first kappa shape index (κ1) is 20.5. The van der Waals surface area contributed by atoms with Gasteiger partial charge in [-0.05, 0) is 19.8 Å². The summed E-state index contributed by atoms with van der Waals surface area (Å²) in [4.78, 5) is 30.3. The summed E-state index contributed by atoms with van der Waals surface area (Å²) in [6, 6.07) is 0. The van der Waals surface area contributed by atoms with E-state index in [4.69, 9.17) is 4.98 Å². The lowest BCUT2D eigenvalue weighted by molar-refractivity contribution is 0.0949. The number of aromatic nitrogens is 8. The van der Waals surface area contributed by atoms with E-state index in [1.807, 2.05) is 29.3 Å². The molecule has 10 heteroatoms. The van der Waals surface area contributed by atoms with Gasteiger partial charge in [0.15, 0.2) is 0 Å². The maximum absolute atomic E-state index is 12.9. The topological polar surface area (TPSA) is 108 Å². The summed E-state index contributed by atoms with van der Waals surface area (Å²) in [5.74, 6) is 0.966. The molecule has 0 saturated carbocycles. The van der Waals surface area contributed by atoms with E-state index in [0.29, 0.717) is 24.5 Å². The number of imidazole rings is 2. The summed E-state index contributed by atoms with van der Waals surface area (Å²) in [6.45, 7) is 4.44. The molecule has 0 aromatic carbocycles. The molecule has 4 rings (SSSR count). The van der Waals surface area contributed by atoms with Crippen molar-refractivity contribution in [3.63, 3.8) is 0 Å². The summed E-state index contributed by atoms with van der Waals surface area (Å²) in [5.41, 5.74) is 3.16.